The van der Waals surface area contributed by atoms with Gasteiger partial charge in [0.2, 0.25) is 0 Å². The smallest absolute Gasteiger partial charge is 0.0622 e. The number of anilines is 3. The zero-order chi connectivity index (χ0) is 36.4. The van der Waals surface area contributed by atoms with Crippen LogP contribution in [-0.4, -0.2) is 4.57 Å². The molecule has 0 N–H and O–H groups in total. The summed E-state index contributed by atoms with van der Waals surface area (Å²) in [5.41, 5.74) is 16.0. The highest BCUT2D eigenvalue weighted by molar-refractivity contribution is 6.15. The number of rotatable bonds is 6. The van der Waals surface area contributed by atoms with Crippen LogP contribution in [0.4, 0.5) is 17.1 Å². The van der Waals surface area contributed by atoms with Crippen LogP contribution >= 0.6 is 0 Å². The highest BCUT2D eigenvalue weighted by Crippen LogP contribution is 2.56. The summed E-state index contributed by atoms with van der Waals surface area (Å²) in [4.78, 5) is 2.53. The fraction of sp³-hybridized carbons (Fsp3) is 0.321. The first-order valence-electron chi connectivity index (χ1n) is 21.3. The number of benzene rings is 6. The number of aromatic nitrogens is 1. The largest absolute Gasteiger partial charge is 0.310 e. The molecule has 0 aliphatic heterocycles. The Labute approximate surface area is 325 Å². The lowest BCUT2D eigenvalue weighted by Crippen LogP contribution is -2.17. The molecular formula is C53H50N2. The van der Waals surface area contributed by atoms with Crippen LogP contribution in [-0.2, 0) is 5.41 Å². The summed E-state index contributed by atoms with van der Waals surface area (Å²) < 4.78 is 2.50. The summed E-state index contributed by atoms with van der Waals surface area (Å²) in [6.45, 7) is 4.86. The Hall–Kier alpha value is -5.08. The van der Waals surface area contributed by atoms with Crippen molar-refractivity contribution in [2.75, 3.05) is 4.90 Å². The molecule has 5 aliphatic carbocycles. The van der Waals surface area contributed by atoms with Crippen molar-refractivity contribution in [2.45, 2.75) is 82.5 Å². The van der Waals surface area contributed by atoms with E-state index in [0.717, 1.165) is 35.5 Å². The second kappa shape index (κ2) is 12.0. The molecule has 7 aromatic rings. The molecule has 5 aliphatic rings. The van der Waals surface area contributed by atoms with Crippen molar-refractivity contribution in [3.05, 3.63) is 156 Å². The molecule has 6 unspecified atom stereocenters. The summed E-state index contributed by atoms with van der Waals surface area (Å²) in [5.74, 6) is 5.16. The van der Waals surface area contributed by atoms with Gasteiger partial charge in [-0.05, 0) is 156 Å². The van der Waals surface area contributed by atoms with Gasteiger partial charge in [0.25, 0.3) is 0 Å². The van der Waals surface area contributed by atoms with Crippen molar-refractivity contribution in [2.24, 2.45) is 23.7 Å². The second-order valence-corrected chi connectivity index (χ2v) is 18.5. The van der Waals surface area contributed by atoms with E-state index in [2.05, 4.69) is 157 Å². The average molecular weight is 715 g/mol. The third kappa shape index (κ3) is 4.79. The lowest BCUT2D eigenvalue weighted by molar-refractivity contribution is 0.420. The Morgan fingerprint density at radius 3 is 1.73 bits per heavy atom. The summed E-state index contributed by atoms with van der Waals surface area (Å²) in [6.07, 6.45) is 11.4. The Morgan fingerprint density at radius 2 is 1.13 bits per heavy atom. The van der Waals surface area contributed by atoms with E-state index in [9.17, 15) is 0 Å². The van der Waals surface area contributed by atoms with Crippen LogP contribution in [0.2, 0.25) is 0 Å². The third-order valence-electron chi connectivity index (χ3n) is 15.4. The molecule has 272 valence electrons. The van der Waals surface area contributed by atoms with Crippen LogP contribution in [0.1, 0.15) is 99.3 Å². The van der Waals surface area contributed by atoms with Crippen LogP contribution in [0, 0.1) is 23.7 Å². The van der Waals surface area contributed by atoms with E-state index in [1.54, 1.807) is 11.1 Å². The Bertz CT molecular complexity index is 2540. The first kappa shape index (κ1) is 32.2. The van der Waals surface area contributed by atoms with Crippen LogP contribution < -0.4 is 4.90 Å². The average Bonchev–Trinajstić information content (AvgIpc) is 4.10. The summed E-state index contributed by atoms with van der Waals surface area (Å²) in [7, 11) is 0. The van der Waals surface area contributed by atoms with Crippen LogP contribution in [0.5, 0.6) is 0 Å². The van der Waals surface area contributed by atoms with Crippen molar-refractivity contribution in [3.8, 4) is 16.8 Å². The zero-order valence-corrected chi connectivity index (χ0v) is 32.2. The van der Waals surface area contributed by atoms with E-state index in [1.807, 2.05) is 0 Å². The van der Waals surface area contributed by atoms with Gasteiger partial charge in [-0.3, -0.25) is 0 Å². The fourth-order valence-corrected chi connectivity index (χ4v) is 12.7. The maximum atomic E-state index is 2.53. The standard InChI is InChI=1S/C53H50N2/c1-53(2)48-27-26-44-43-10-6-7-11-50(43)55(39-8-4-3-5-9-39)52(44)51(48)45-25-24-42(32-49(45)53)54(40-20-16-35(17-21-40)46-30-33-12-14-37(46)28-33)41-22-18-36(19-23-41)47-31-34-13-15-38(47)29-34/h3-11,16-27,32-34,37-38,46-47H,12-15,28-31H2,1-2H3. The van der Waals surface area contributed by atoms with Crippen molar-refractivity contribution in [1.82, 2.24) is 4.57 Å². The molecule has 2 nitrogen and oxygen atoms in total. The molecule has 0 radical (unpaired) electrons. The molecule has 2 heteroatoms. The van der Waals surface area contributed by atoms with Crippen molar-refractivity contribution in [3.63, 3.8) is 0 Å². The van der Waals surface area contributed by atoms with E-state index >= 15 is 0 Å². The molecule has 12 rings (SSSR count). The van der Waals surface area contributed by atoms with Gasteiger partial charge in [0, 0.05) is 44.5 Å². The Morgan fingerprint density at radius 1 is 0.527 bits per heavy atom. The number of para-hydroxylation sites is 2. The zero-order valence-electron chi connectivity index (χ0n) is 32.2. The predicted molar refractivity (Wildman–Crippen MR) is 229 cm³/mol. The molecule has 4 bridgehead atoms. The Balaban J connectivity index is 1.00. The van der Waals surface area contributed by atoms with Gasteiger partial charge in [-0.25, -0.2) is 0 Å². The van der Waals surface area contributed by atoms with Gasteiger partial charge in [0.05, 0.1) is 11.0 Å². The molecular weight excluding hydrogens is 665 g/mol. The molecule has 55 heavy (non-hydrogen) atoms. The monoisotopic (exact) mass is 714 g/mol. The third-order valence-corrected chi connectivity index (χ3v) is 15.4. The minimum absolute atomic E-state index is 0.157. The van der Waals surface area contributed by atoms with Gasteiger partial charge < -0.3 is 9.47 Å². The van der Waals surface area contributed by atoms with E-state index in [1.165, 1.54) is 118 Å². The van der Waals surface area contributed by atoms with Crippen LogP contribution in [0.15, 0.2) is 133 Å². The number of hydrogen-bond donors (Lipinski definition) is 0. The first-order valence-corrected chi connectivity index (χ1v) is 21.3. The maximum absolute atomic E-state index is 2.53. The molecule has 0 amide bonds. The van der Waals surface area contributed by atoms with Crippen molar-refractivity contribution >= 4 is 38.9 Å². The minimum atomic E-state index is -0.157. The highest BCUT2D eigenvalue weighted by Gasteiger charge is 2.42. The summed E-state index contributed by atoms with van der Waals surface area (Å²) in [6, 6.07) is 51.5. The lowest BCUT2D eigenvalue weighted by Gasteiger charge is -2.29. The second-order valence-electron chi connectivity index (χ2n) is 18.5. The van der Waals surface area contributed by atoms with Gasteiger partial charge in [-0.2, -0.15) is 0 Å². The molecule has 4 fully saturated rings. The van der Waals surface area contributed by atoms with Gasteiger partial charge in [0.15, 0.2) is 0 Å². The van der Waals surface area contributed by atoms with Gasteiger partial charge in [0.1, 0.15) is 0 Å². The molecule has 6 atom stereocenters. The van der Waals surface area contributed by atoms with Crippen LogP contribution in [0.25, 0.3) is 38.6 Å². The SMILES string of the molecule is CC1(C)c2cc(N(c3ccc(C4CC5CCC4C5)cc3)c3ccc(C4CC5CCC4C5)cc3)ccc2-c2c1ccc1c3ccccc3n(-c3ccccc3)c21. The molecule has 0 spiro atoms. The lowest BCUT2D eigenvalue weighted by atomic mass is 9.82. The van der Waals surface area contributed by atoms with Gasteiger partial charge in [-0.15, -0.1) is 0 Å². The predicted octanol–water partition coefficient (Wildman–Crippen LogP) is 14.4. The number of fused-ring (bicyclic) bond motifs is 11. The maximum Gasteiger partial charge on any atom is 0.0622 e. The minimum Gasteiger partial charge on any atom is -0.310 e. The van der Waals surface area contributed by atoms with Gasteiger partial charge in [-0.1, -0.05) is 106 Å². The van der Waals surface area contributed by atoms with E-state index in [0.29, 0.717) is 0 Å². The van der Waals surface area contributed by atoms with Gasteiger partial charge >= 0.3 is 0 Å². The fourth-order valence-electron chi connectivity index (χ4n) is 12.7. The summed E-state index contributed by atoms with van der Waals surface area (Å²) in [5, 5.41) is 2.62. The number of nitrogens with zero attached hydrogens (tertiary/aromatic N) is 2. The molecule has 0 saturated heterocycles. The first-order chi connectivity index (χ1) is 27.0. The quantitative estimate of drug-likeness (QED) is 0.166. The van der Waals surface area contributed by atoms with Crippen LogP contribution in [0.3, 0.4) is 0 Å². The normalized spacial score (nSPS) is 25.6. The number of hydrogen-bond acceptors (Lipinski definition) is 1. The topological polar surface area (TPSA) is 8.17 Å². The molecule has 1 aromatic heterocycles. The Kier molecular flexibility index (Phi) is 7.00. The van der Waals surface area contributed by atoms with Crippen molar-refractivity contribution in [1.29, 1.82) is 0 Å². The molecule has 4 saturated carbocycles. The summed E-state index contributed by atoms with van der Waals surface area (Å²) >= 11 is 0. The van der Waals surface area contributed by atoms with Crippen molar-refractivity contribution < 1.29 is 0 Å². The van der Waals surface area contributed by atoms with E-state index in [4.69, 9.17) is 0 Å². The molecule has 1 heterocycles. The molecule has 6 aromatic carbocycles. The highest BCUT2D eigenvalue weighted by atomic mass is 15.1. The van der Waals surface area contributed by atoms with E-state index in [-0.39, 0.29) is 5.41 Å². The van der Waals surface area contributed by atoms with E-state index < -0.39 is 0 Å².